The van der Waals surface area contributed by atoms with Crippen molar-refractivity contribution >= 4 is 28.5 Å². The minimum absolute atomic E-state index is 0.336. The van der Waals surface area contributed by atoms with Crippen LogP contribution >= 0.6 is 0 Å². The second-order valence-corrected chi connectivity index (χ2v) is 9.04. The molecule has 0 saturated carbocycles. The number of hydrogen-bond acceptors (Lipinski definition) is 8. The summed E-state index contributed by atoms with van der Waals surface area (Å²) in [6, 6.07) is 17.0. The highest BCUT2D eigenvalue weighted by Crippen LogP contribution is 2.29. The highest BCUT2D eigenvalue weighted by atomic mass is 19.3. The standard InChI is InChI=1S/C27H31F2N7O2/c1-34(11-14-37-2)20-9-7-19(8-10-20)18-30-23-17-24(33-27(32-23)35-12-15-38-16-13-35)36-22-6-4-3-5-21(22)31-26(36)25(28)29/h3-10,17,25H,11-16,18H2,1-2H3,(H,30,32,33). The third-order valence-corrected chi connectivity index (χ3v) is 6.49. The lowest BCUT2D eigenvalue weighted by molar-refractivity contribution is 0.122. The number of nitrogens with one attached hydrogen (secondary N) is 1. The number of halogens is 2. The minimum Gasteiger partial charge on any atom is -0.383 e. The Bertz CT molecular complexity index is 1360. The van der Waals surface area contributed by atoms with Gasteiger partial charge in [-0.3, -0.25) is 4.57 Å². The highest BCUT2D eigenvalue weighted by Gasteiger charge is 2.23. The van der Waals surface area contributed by atoms with Crippen molar-refractivity contribution in [2.75, 3.05) is 68.7 Å². The monoisotopic (exact) mass is 523 g/mol. The van der Waals surface area contributed by atoms with Gasteiger partial charge in [0.15, 0.2) is 5.82 Å². The Labute approximate surface area is 220 Å². The smallest absolute Gasteiger partial charge is 0.296 e. The van der Waals surface area contributed by atoms with Gasteiger partial charge in [-0.1, -0.05) is 24.3 Å². The van der Waals surface area contributed by atoms with Crippen molar-refractivity contribution in [2.24, 2.45) is 0 Å². The Kier molecular flexibility index (Phi) is 7.94. The van der Waals surface area contributed by atoms with Gasteiger partial charge in [0, 0.05) is 52.1 Å². The molecule has 0 amide bonds. The molecule has 38 heavy (non-hydrogen) atoms. The van der Waals surface area contributed by atoms with E-state index >= 15 is 0 Å². The van der Waals surface area contributed by atoms with E-state index in [0.717, 1.165) is 17.8 Å². The zero-order chi connectivity index (χ0) is 26.5. The molecule has 0 spiro atoms. The van der Waals surface area contributed by atoms with Crippen LogP contribution in [0.3, 0.4) is 0 Å². The maximum atomic E-state index is 14.1. The predicted octanol–water partition coefficient (Wildman–Crippen LogP) is 4.28. The molecule has 1 N–H and O–H groups in total. The van der Waals surface area contributed by atoms with Crippen LogP contribution in [0.25, 0.3) is 16.9 Å². The topological polar surface area (TPSA) is 80.6 Å². The summed E-state index contributed by atoms with van der Waals surface area (Å²) in [5.41, 5.74) is 3.20. The van der Waals surface area contributed by atoms with E-state index in [1.807, 2.05) is 11.9 Å². The van der Waals surface area contributed by atoms with E-state index in [0.29, 0.717) is 68.1 Å². The summed E-state index contributed by atoms with van der Waals surface area (Å²) >= 11 is 0. The lowest BCUT2D eigenvalue weighted by Crippen LogP contribution is -2.37. The predicted molar refractivity (Wildman–Crippen MR) is 144 cm³/mol. The van der Waals surface area contributed by atoms with Crippen molar-refractivity contribution in [1.29, 1.82) is 0 Å². The lowest BCUT2D eigenvalue weighted by atomic mass is 10.2. The van der Waals surface area contributed by atoms with Crippen LogP contribution in [0, 0.1) is 0 Å². The number of fused-ring (bicyclic) bond motifs is 1. The number of imidazole rings is 1. The third-order valence-electron chi connectivity index (χ3n) is 6.49. The summed E-state index contributed by atoms with van der Waals surface area (Å²) in [7, 11) is 3.71. The molecule has 2 aromatic heterocycles. The quantitative estimate of drug-likeness (QED) is 0.330. The first-order valence-electron chi connectivity index (χ1n) is 12.5. The van der Waals surface area contributed by atoms with E-state index in [1.54, 1.807) is 37.4 Å². The lowest BCUT2D eigenvalue weighted by Gasteiger charge is -2.27. The van der Waals surface area contributed by atoms with E-state index in [9.17, 15) is 8.78 Å². The van der Waals surface area contributed by atoms with E-state index in [4.69, 9.17) is 19.4 Å². The fraction of sp³-hybridized carbons (Fsp3) is 0.370. The van der Waals surface area contributed by atoms with Gasteiger partial charge in [0.05, 0.1) is 30.9 Å². The van der Waals surface area contributed by atoms with Gasteiger partial charge in [0.25, 0.3) is 6.43 Å². The van der Waals surface area contributed by atoms with E-state index < -0.39 is 6.43 Å². The number of aromatic nitrogens is 4. The normalized spacial score (nSPS) is 13.9. The molecule has 1 aliphatic heterocycles. The molecule has 4 aromatic rings. The third kappa shape index (κ3) is 5.68. The molecule has 0 radical (unpaired) electrons. The number of alkyl halides is 2. The summed E-state index contributed by atoms with van der Waals surface area (Å²) in [6.07, 6.45) is -2.76. The van der Waals surface area contributed by atoms with Crippen molar-refractivity contribution in [1.82, 2.24) is 19.5 Å². The van der Waals surface area contributed by atoms with Crippen LogP contribution in [0.15, 0.2) is 54.6 Å². The molecule has 1 saturated heterocycles. The van der Waals surface area contributed by atoms with Gasteiger partial charge >= 0.3 is 0 Å². The molecule has 2 aromatic carbocycles. The van der Waals surface area contributed by atoms with E-state index in [2.05, 4.69) is 39.5 Å². The average Bonchev–Trinajstić information content (AvgIpc) is 3.36. The van der Waals surface area contributed by atoms with Gasteiger partial charge in [-0.15, -0.1) is 0 Å². The second kappa shape index (κ2) is 11.7. The van der Waals surface area contributed by atoms with Crippen molar-refractivity contribution in [3.63, 3.8) is 0 Å². The number of hydrogen-bond donors (Lipinski definition) is 1. The zero-order valence-electron chi connectivity index (χ0n) is 21.5. The molecule has 200 valence electrons. The van der Waals surface area contributed by atoms with Crippen LogP contribution in [0.5, 0.6) is 0 Å². The number of ether oxygens (including phenoxy) is 2. The Morgan fingerprint density at radius 1 is 1.05 bits per heavy atom. The van der Waals surface area contributed by atoms with Crippen LogP contribution in [-0.4, -0.2) is 73.1 Å². The summed E-state index contributed by atoms with van der Waals surface area (Å²) < 4.78 is 40.2. The number of morpholine rings is 1. The van der Waals surface area contributed by atoms with Crippen LogP contribution < -0.4 is 15.1 Å². The van der Waals surface area contributed by atoms with Crippen molar-refractivity contribution in [2.45, 2.75) is 13.0 Å². The van der Waals surface area contributed by atoms with Gasteiger partial charge in [0.2, 0.25) is 5.95 Å². The summed E-state index contributed by atoms with van der Waals surface area (Å²) in [6.45, 7) is 4.30. The van der Waals surface area contributed by atoms with Crippen LogP contribution in [0.4, 0.5) is 26.2 Å². The molecule has 5 rings (SSSR count). The van der Waals surface area contributed by atoms with Gasteiger partial charge in [-0.2, -0.15) is 9.97 Å². The number of para-hydroxylation sites is 2. The maximum Gasteiger partial charge on any atom is 0.296 e. The van der Waals surface area contributed by atoms with Crippen LogP contribution in [0.1, 0.15) is 17.8 Å². The molecule has 3 heterocycles. The maximum absolute atomic E-state index is 14.1. The molecule has 0 aliphatic carbocycles. The fourth-order valence-electron chi connectivity index (χ4n) is 4.38. The second-order valence-electron chi connectivity index (χ2n) is 9.04. The van der Waals surface area contributed by atoms with Crippen LogP contribution in [0.2, 0.25) is 0 Å². The number of nitrogens with zero attached hydrogens (tertiary/aromatic N) is 6. The van der Waals surface area contributed by atoms with Gasteiger partial charge in [-0.25, -0.2) is 13.8 Å². The number of methoxy groups -OCH3 is 1. The number of likely N-dealkylation sites (N-methyl/N-ethyl adjacent to an activating group) is 1. The summed E-state index contributed by atoms with van der Waals surface area (Å²) in [5, 5.41) is 3.36. The highest BCUT2D eigenvalue weighted by molar-refractivity contribution is 5.78. The molecule has 0 bridgehead atoms. The largest absolute Gasteiger partial charge is 0.383 e. The first kappa shape index (κ1) is 25.8. The molecule has 0 atom stereocenters. The molecular weight excluding hydrogens is 492 g/mol. The fourth-order valence-corrected chi connectivity index (χ4v) is 4.38. The van der Waals surface area contributed by atoms with E-state index in [-0.39, 0.29) is 5.82 Å². The minimum atomic E-state index is -2.76. The molecule has 1 aliphatic rings. The Morgan fingerprint density at radius 2 is 1.82 bits per heavy atom. The zero-order valence-corrected chi connectivity index (χ0v) is 21.5. The molecule has 0 unspecified atom stereocenters. The van der Waals surface area contributed by atoms with Gasteiger partial charge in [0.1, 0.15) is 11.6 Å². The van der Waals surface area contributed by atoms with Crippen LogP contribution in [-0.2, 0) is 16.0 Å². The molecule has 9 nitrogen and oxygen atoms in total. The molecular formula is C27H31F2N7O2. The number of benzene rings is 2. The first-order valence-corrected chi connectivity index (χ1v) is 12.5. The SMILES string of the molecule is COCCN(C)c1ccc(CNc2cc(-n3c(C(F)F)nc4ccccc43)nc(N3CCOCC3)n2)cc1. The van der Waals surface area contributed by atoms with Crippen molar-refractivity contribution < 1.29 is 18.3 Å². The Balaban J connectivity index is 1.45. The Hall–Kier alpha value is -3.83. The van der Waals surface area contributed by atoms with E-state index in [1.165, 1.54) is 4.57 Å². The Morgan fingerprint density at radius 3 is 2.55 bits per heavy atom. The van der Waals surface area contributed by atoms with Crippen molar-refractivity contribution in [3.05, 3.63) is 66.0 Å². The number of anilines is 3. The van der Waals surface area contributed by atoms with Gasteiger partial charge < -0.3 is 24.6 Å². The summed E-state index contributed by atoms with van der Waals surface area (Å²) in [5.74, 6) is 0.984. The van der Waals surface area contributed by atoms with Gasteiger partial charge in [-0.05, 0) is 29.8 Å². The molecule has 1 fully saturated rings. The number of rotatable bonds is 10. The average molecular weight is 524 g/mol. The first-order chi connectivity index (χ1) is 18.5. The molecule has 11 heteroatoms. The van der Waals surface area contributed by atoms with Crippen molar-refractivity contribution in [3.8, 4) is 5.82 Å². The summed E-state index contributed by atoms with van der Waals surface area (Å²) in [4.78, 5) is 17.7.